The number of carbonyl (C=O) groups excluding carboxylic acids is 3. The molecule has 8 nitrogen and oxygen atoms in total. The van der Waals surface area contributed by atoms with Crippen molar-refractivity contribution in [3.05, 3.63) is 54.3 Å². The first-order valence-corrected chi connectivity index (χ1v) is 10.9. The number of halogens is 1. The molecule has 2 aromatic carbocycles. The lowest BCUT2D eigenvalue weighted by molar-refractivity contribution is -0.137. The number of nitrogens with zero attached hydrogens (tertiary/aromatic N) is 3. The monoisotopic (exact) mass is 454 g/mol. The van der Waals surface area contributed by atoms with Crippen LogP contribution in [0.2, 0.25) is 0 Å². The predicted molar refractivity (Wildman–Crippen MR) is 122 cm³/mol. The van der Waals surface area contributed by atoms with Crippen LogP contribution < -0.4 is 15.0 Å². The molecule has 0 bridgehead atoms. The summed E-state index contributed by atoms with van der Waals surface area (Å²) in [7, 11) is 1.56. The Morgan fingerprint density at radius 2 is 1.76 bits per heavy atom. The summed E-state index contributed by atoms with van der Waals surface area (Å²) >= 11 is 0. The summed E-state index contributed by atoms with van der Waals surface area (Å²) in [5.74, 6) is -0.452. The van der Waals surface area contributed by atoms with Crippen LogP contribution in [-0.4, -0.2) is 73.9 Å². The van der Waals surface area contributed by atoms with E-state index in [2.05, 4.69) is 5.32 Å². The van der Waals surface area contributed by atoms with Crippen molar-refractivity contribution >= 4 is 29.1 Å². The molecule has 174 valence electrons. The van der Waals surface area contributed by atoms with Gasteiger partial charge in [0, 0.05) is 44.8 Å². The zero-order valence-corrected chi connectivity index (χ0v) is 18.5. The van der Waals surface area contributed by atoms with Crippen molar-refractivity contribution in [3.8, 4) is 5.75 Å². The molecule has 2 fully saturated rings. The largest absolute Gasteiger partial charge is 0.495 e. The molecule has 3 amide bonds. The van der Waals surface area contributed by atoms with E-state index in [1.54, 1.807) is 23.0 Å². The number of hydrogen-bond donors (Lipinski definition) is 1. The number of hydrogen-bond acceptors (Lipinski definition) is 5. The van der Waals surface area contributed by atoms with Crippen LogP contribution in [0, 0.1) is 11.7 Å². The highest BCUT2D eigenvalue weighted by atomic mass is 19.1. The van der Waals surface area contributed by atoms with Crippen molar-refractivity contribution in [1.29, 1.82) is 0 Å². The summed E-state index contributed by atoms with van der Waals surface area (Å²) in [5.41, 5.74) is 1.22. The maximum absolute atomic E-state index is 13.1. The zero-order valence-electron chi connectivity index (χ0n) is 18.5. The number of carbonyl (C=O) groups is 3. The van der Waals surface area contributed by atoms with Gasteiger partial charge in [-0.1, -0.05) is 12.1 Å². The summed E-state index contributed by atoms with van der Waals surface area (Å²) in [6, 6.07) is 12.9. The molecule has 4 rings (SSSR count). The van der Waals surface area contributed by atoms with Crippen molar-refractivity contribution in [2.75, 3.05) is 56.6 Å². The molecule has 2 aliphatic rings. The van der Waals surface area contributed by atoms with Gasteiger partial charge in [-0.2, -0.15) is 0 Å². The predicted octanol–water partition coefficient (Wildman–Crippen LogP) is 1.97. The average molecular weight is 455 g/mol. The van der Waals surface area contributed by atoms with E-state index in [1.807, 2.05) is 23.1 Å². The molecule has 2 heterocycles. The third-order valence-corrected chi connectivity index (χ3v) is 6.03. The third kappa shape index (κ3) is 5.31. The standard InChI is InChI=1S/C24H27FN4O4/c1-33-21-5-3-2-4-20(21)29-15-17(14-23(29)31)24(32)28-12-10-27(11-13-28)16-22(30)26-19-8-6-18(25)7-9-19/h2-9,17H,10-16H2,1H3,(H,26,30). The molecule has 2 aliphatic heterocycles. The number of piperazine rings is 1. The fourth-order valence-electron chi connectivity index (χ4n) is 4.28. The minimum atomic E-state index is -0.393. The second-order valence-corrected chi connectivity index (χ2v) is 8.23. The minimum absolute atomic E-state index is 0.0313. The van der Waals surface area contributed by atoms with Gasteiger partial charge in [-0.15, -0.1) is 0 Å². The number of nitrogens with one attached hydrogen (secondary N) is 1. The number of ether oxygens (including phenoxy) is 1. The summed E-state index contributed by atoms with van der Waals surface area (Å²) in [5, 5.41) is 2.75. The average Bonchev–Trinajstić information content (AvgIpc) is 3.22. The molecule has 2 saturated heterocycles. The van der Waals surface area contributed by atoms with Crippen molar-refractivity contribution in [3.63, 3.8) is 0 Å². The van der Waals surface area contributed by atoms with E-state index in [0.717, 1.165) is 0 Å². The fourth-order valence-corrected chi connectivity index (χ4v) is 4.28. The maximum Gasteiger partial charge on any atom is 0.238 e. The Morgan fingerprint density at radius 3 is 2.45 bits per heavy atom. The molecular weight excluding hydrogens is 427 g/mol. The summed E-state index contributed by atoms with van der Waals surface area (Å²) in [4.78, 5) is 43.3. The molecule has 0 aromatic heterocycles. The van der Waals surface area contributed by atoms with Crippen LogP contribution in [0.1, 0.15) is 6.42 Å². The molecule has 0 saturated carbocycles. The van der Waals surface area contributed by atoms with E-state index >= 15 is 0 Å². The highest BCUT2D eigenvalue weighted by Crippen LogP contribution is 2.33. The van der Waals surface area contributed by atoms with E-state index in [1.165, 1.54) is 24.3 Å². The first-order valence-electron chi connectivity index (χ1n) is 10.9. The minimum Gasteiger partial charge on any atom is -0.495 e. The molecule has 1 N–H and O–H groups in total. The van der Waals surface area contributed by atoms with Gasteiger partial charge in [0.1, 0.15) is 11.6 Å². The second-order valence-electron chi connectivity index (χ2n) is 8.23. The molecular formula is C24H27FN4O4. The Hall–Kier alpha value is -3.46. The first-order chi connectivity index (χ1) is 15.9. The van der Waals surface area contributed by atoms with Gasteiger partial charge in [0.25, 0.3) is 0 Å². The Balaban J connectivity index is 1.27. The van der Waals surface area contributed by atoms with E-state index in [0.29, 0.717) is 49.8 Å². The summed E-state index contributed by atoms with van der Waals surface area (Å²) in [6.07, 6.45) is 0.178. The van der Waals surface area contributed by atoms with Crippen LogP contribution in [0.4, 0.5) is 15.8 Å². The molecule has 0 aliphatic carbocycles. The fraction of sp³-hybridized carbons (Fsp3) is 0.375. The highest BCUT2D eigenvalue weighted by Gasteiger charge is 2.38. The van der Waals surface area contributed by atoms with E-state index < -0.39 is 5.92 Å². The smallest absolute Gasteiger partial charge is 0.238 e. The number of methoxy groups -OCH3 is 1. The van der Waals surface area contributed by atoms with Crippen LogP contribution in [0.3, 0.4) is 0 Å². The van der Waals surface area contributed by atoms with Gasteiger partial charge < -0.3 is 19.9 Å². The number of benzene rings is 2. The van der Waals surface area contributed by atoms with E-state index in [-0.39, 0.29) is 36.5 Å². The lowest BCUT2D eigenvalue weighted by Gasteiger charge is -2.35. The maximum atomic E-state index is 13.1. The van der Waals surface area contributed by atoms with Gasteiger partial charge in [-0.05, 0) is 36.4 Å². The zero-order chi connectivity index (χ0) is 23.4. The van der Waals surface area contributed by atoms with Crippen LogP contribution >= 0.6 is 0 Å². The van der Waals surface area contributed by atoms with Crippen LogP contribution in [0.25, 0.3) is 0 Å². The Kier molecular flexibility index (Phi) is 6.88. The van der Waals surface area contributed by atoms with Gasteiger partial charge in [0.15, 0.2) is 0 Å². The Labute approximate surface area is 191 Å². The first kappa shape index (κ1) is 22.7. The van der Waals surface area contributed by atoms with Gasteiger partial charge in [-0.25, -0.2) is 4.39 Å². The Bertz CT molecular complexity index is 1020. The lowest BCUT2D eigenvalue weighted by Crippen LogP contribution is -2.52. The molecule has 9 heteroatoms. The molecule has 1 unspecified atom stereocenters. The highest BCUT2D eigenvalue weighted by molar-refractivity contribution is 6.01. The number of anilines is 2. The molecule has 0 spiro atoms. The summed E-state index contributed by atoms with van der Waals surface area (Å²) in [6.45, 7) is 2.67. The van der Waals surface area contributed by atoms with Crippen molar-refractivity contribution in [2.45, 2.75) is 6.42 Å². The number of rotatable bonds is 6. The van der Waals surface area contributed by atoms with Crippen LogP contribution in [0.15, 0.2) is 48.5 Å². The van der Waals surface area contributed by atoms with E-state index in [9.17, 15) is 18.8 Å². The summed E-state index contributed by atoms with van der Waals surface area (Å²) < 4.78 is 18.4. The molecule has 33 heavy (non-hydrogen) atoms. The normalized spacial score (nSPS) is 19.0. The quantitative estimate of drug-likeness (QED) is 0.722. The van der Waals surface area contributed by atoms with Crippen molar-refractivity contribution in [2.24, 2.45) is 5.92 Å². The lowest BCUT2D eigenvalue weighted by atomic mass is 10.1. The molecule has 1 atom stereocenters. The number of amides is 3. The third-order valence-electron chi connectivity index (χ3n) is 6.03. The van der Waals surface area contributed by atoms with Crippen LogP contribution in [0.5, 0.6) is 5.75 Å². The topological polar surface area (TPSA) is 82.2 Å². The molecule has 0 radical (unpaired) electrons. The van der Waals surface area contributed by atoms with Gasteiger partial charge in [0.05, 0.1) is 25.3 Å². The van der Waals surface area contributed by atoms with Gasteiger partial charge in [0.2, 0.25) is 17.7 Å². The van der Waals surface area contributed by atoms with Crippen molar-refractivity contribution < 1.29 is 23.5 Å². The van der Waals surface area contributed by atoms with E-state index in [4.69, 9.17) is 4.74 Å². The van der Waals surface area contributed by atoms with Gasteiger partial charge >= 0.3 is 0 Å². The van der Waals surface area contributed by atoms with Gasteiger partial charge in [-0.3, -0.25) is 19.3 Å². The molecule has 2 aromatic rings. The number of para-hydroxylation sites is 2. The van der Waals surface area contributed by atoms with Crippen LogP contribution in [-0.2, 0) is 14.4 Å². The second kappa shape index (κ2) is 9.99. The Morgan fingerprint density at radius 1 is 1.06 bits per heavy atom. The van der Waals surface area contributed by atoms with Crippen molar-refractivity contribution in [1.82, 2.24) is 9.80 Å². The SMILES string of the molecule is COc1ccccc1N1CC(C(=O)N2CCN(CC(=O)Nc3ccc(F)cc3)CC2)CC1=O.